The molecule has 0 bridgehead atoms. The Balaban J connectivity index is 1.69. The molecule has 5 nitrogen and oxygen atoms in total. The fraction of sp³-hybridized carbons (Fsp3) is 0.211. The normalized spacial score (nSPS) is 14.5. The van der Waals surface area contributed by atoms with E-state index in [9.17, 15) is 0 Å². The molecule has 1 aromatic heterocycles. The summed E-state index contributed by atoms with van der Waals surface area (Å²) in [5.41, 5.74) is 5.34. The van der Waals surface area contributed by atoms with Gasteiger partial charge in [0.1, 0.15) is 5.82 Å². The van der Waals surface area contributed by atoms with Crippen molar-refractivity contribution in [2.75, 3.05) is 18.7 Å². The number of rotatable bonds is 2. The molecule has 0 aliphatic carbocycles. The summed E-state index contributed by atoms with van der Waals surface area (Å²) in [6.45, 7) is 3.24. The molecule has 0 saturated heterocycles. The summed E-state index contributed by atoms with van der Waals surface area (Å²) in [5, 5.41) is 9.06. The molecule has 0 radical (unpaired) electrons. The lowest BCUT2D eigenvalue weighted by Gasteiger charge is -2.10. The molecule has 2 aliphatic rings. The van der Waals surface area contributed by atoms with Gasteiger partial charge in [-0.15, -0.1) is 0 Å². The van der Waals surface area contributed by atoms with E-state index in [2.05, 4.69) is 12.2 Å². The summed E-state index contributed by atoms with van der Waals surface area (Å²) in [4.78, 5) is 0. The van der Waals surface area contributed by atoms with Gasteiger partial charge in [0.15, 0.2) is 11.5 Å². The van der Waals surface area contributed by atoms with Gasteiger partial charge in [-0.25, -0.2) is 4.68 Å². The second-order valence-corrected chi connectivity index (χ2v) is 6.70. The molecule has 6 heteroatoms. The van der Waals surface area contributed by atoms with Gasteiger partial charge in [0.2, 0.25) is 6.79 Å². The Morgan fingerprint density at radius 1 is 1.12 bits per heavy atom. The highest BCUT2D eigenvalue weighted by atomic mass is 35.5. The minimum Gasteiger partial charge on any atom is -0.454 e. The fourth-order valence-electron chi connectivity index (χ4n) is 3.44. The quantitative estimate of drug-likeness (QED) is 0.750. The number of aromatic nitrogens is 2. The van der Waals surface area contributed by atoms with Crippen molar-refractivity contribution in [1.29, 1.82) is 0 Å². The van der Waals surface area contributed by atoms with Crippen LogP contribution in [0.1, 0.15) is 11.1 Å². The van der Waals surface area contributed by atoms with Gasteiger partial charge in [-0.1, -0.05) is 17.7 Å². The first-order valence-electron chi connectivity index (χ1n) is 8.23. The number of aryl methyl sites for hydroxylation is 1. The average Bonchev–Trinajstić information content (AvgIpc) is 3.31. The van der Waals surface area contributed by atoms with E-state index in [1.54, 1.807) is 0 Å². The second kappa shape index (κ2) is 5.43. The Kier molecular flexibility index (Phi) is 3.18. The maximum absolute atomic E-state index is 6.21. The van der Waals surface area contributed by atoms with E-state index in [1.165, 1.54) is 5.56 Å². The zero-order chi connectivity index (χ0) is 17.0. The number of anilines is 1. The van der Waals surface area contributed by atoms with Crippen LogP contribution in [-0.2, 0) is 6.42 Å². The van der Waals surface area contributed by atoms with E-state index in [4.69, 9.17) is 26.2 Å². The van der Waals surface area contributed by atoms with E-state index >= 15 is 0 Å². The number of ether oxygens (including phenoxy) is 2. The van der Waals surface area contributed by atoms with E-state index in [0.717, 1.165) is 52.8 Å². The molecule has 0 amide bonds. The number of halogens is 1. The summed E-state index contributed by atoms with van der Waals surface area (Å²) < 4.78 is 12.9. The van der Waals surface area contributed by atoms with Crippen LogP contribution in [0.3, 0.4) is 0 Å². The lowest BCUT2D eigenvalue weighted by Crippen LogP contribution is -2.05. The van der Waals surface area contributed by atoms with Crippen molar-refractivity contribution in [2.45, 2.75) is 13.3 Å². The third-order valence-electron chi connectivity index (χ3n) is 4.70. The third kappa shape index (κ3) is 2.27. The zero-order valence-electron chi connectivity index (χ0n) is 13.7. The van der Waals surface area contributed by atoms with E-state index in [-0.39, 0.29) is 6.79 Å². The topological polar surface area (TPSA) is 48.3 Å². The Morgan fingerprint density at radius 3 is 2.92 bits per heavy atom. The SMILES string of the molecule is Cc1ccc(Cl)cc1-n1nc(-c2ccc3c(c2)OCO3)c2c1NCC2. The van der Waals surface area contributed by atoms with Crippen LogP contribution in [0.5, 0.6) is 11.5 Å². The number of fused-ring (bicyclic) bond motifs is 2. The van der Waals surface area contributed by atoms with E-state index in [0.29, 0.717) is 5.02 Å². The van der Waals surface area contributed by atoms with Crippen LogP contribution in [-0.4, -0.2) is 23.1 Å². The number of hydrogen-bond donors (Lipinski definition) is 1. The smallest absolute Gasteiger partial charge is 0.231 e. The molecule has 0 unspecified atom stereocenters. The van der Waals surface area contributed by atoms with Crippen molar-refractivity contribution in [3.05, 3.63) is 52.5 Å². The largest absolute Gasteiger partial charge is 0.454 e. The number of hydrogen-bond acceptors (Lipinski definition) is 4. The zero-order valence-corrected chi connectivity index (χ0v) is 14.4. The molecule has 0 saturated carbocycles. The van der Waals surface area contributed by atoms with Crippen LogP contribution < -0.4 is 14.8 Å². The first-order valence-corrected chi connectivity index (χ1v) is 8.61. The van der Waals surface area contributed by atoms with Gasteiger partial charge in [-0.2, -0.15) is 5.10 Å². The predicted molar refractivity (Wildman–Crippen MR) is 97.1 cm³/mol. The van der Waals surface area contributed by atoms with Crippen LogP contribution in [0.2, 0.25) is 5.02 Å². The Bertz CT molecular complexity index is 997. The van der Waals surface area contributed by atoms with Crippen LogP contribution in [0.15, 0.2) is 36.4 Å². The molecule has 3 heterocycles. The van der Waals surface area contributed by atoms with Crippen molar-refractivity contribution >= 4 is 17.4 Å². The van der Waals surface area contributed by atoms with Crippen LogP contribution in [0.25, 0.3) is 16.9 Å². The number of benzene rings is 2. The highest BCUT2D eigenvalue weighted by Crippen LogP contribution is 2.40. The van der Waals surface area contributed by atoms with Crippen molar-refractivity contribution in [2.24, 2.45) is 0 Å². The molecule has 0 fully saturated rings. The summed E-state index contributed by atoms with van der Waals surface area (Å²) in [5.74, 6) is 2.59. The molecule has 25 heavy (non-hydrogen) atoms. The Morgan fingerprint density at radius 2 is 2.00 bits per heavy atom. The first kappa shape index (κ1) is 14.7. The van der Waals surface area contributed by atoms with Gasteiger partial charge in [0.25, 0.3) is 0 Å². The summed E-state index contributed by atoms with van der Waals surface area (Å²) >= 11 is 6.21. The molecule has 3 aromatic rings. The molecule has 0 spiro atoms. The van der Waals surface area contributed by atoms with Gasteiger partial charge in [-0.3, -0.25) is 0 Å². The fourth-order valence-corrected chi connectivity index (χ4v) is 3.60. The molecular weight excluding hydrogens is 338 g/mol. The van der Waals surface area contributed by atoms with E-state index in [1.807, 2.05) is 41.1 Å². The molecule has 126 valence electrons. The highest BCUT2D eigenvalue weighted by Gasteiger charge is 2.25. The first-order chi connectivity index (χ1) is 12.2. The van der Waals surface area contributed by atoms with Crippen LogP contribution in [0, 0.1) is 6.92 Å². The lowest BCUT2D eigenvalue weighted by molar-refractivity contribution is 0.174. The van der Waals surface area contributed by atoms with Gasteiger partial charge in [-0.05, 0) is 49.2 Å². The van der Waals surface area contributed by atoms with Gasteiger partial charge < -0.3 is 14.8 Å². The van der Waals surface area contributed by atoms with Gasteiger partial charge >= 0.3 is 0 Å². The second-order valence-electron chi connectivity index (χ2n) is 6.26. The molecular formula is C19H16ClN3O2. The van der Waals surface area contributed by atoms with Gasteiger partial charge in [0, 0.05) is 22.7 Å². The van der Waals surface area contributed by atoms with Crippen molar-refractivity contribution in [3.63, 3.8) is 0 Å². The minimum absolute atomic E-state index is 0.272. The summed E-state index contributed by atoms with van der Waals surface area (Å²) in [7, 11) is 0. The van der Waals surface area contributed by atoms with Crippen molar-refractivity contribution < 1.29 is 9.47 Å². The number of nitrogens with one attached hydrogen (secondary N) is 1. The van der Waals surface area contributed by atoms with Crippen molar-refractivity contribution in [1.82, 2.24) is 9.78 Å². The monoisotopic (exact) mass is 353 g/mol. The highest BCUT2D eigenvalue weighted by molar-refractivity contribution is 6.30. The van der Waals surface area contributed by atoms with E-state index < -0.39 is 0 Å². The van der Waals surface area contributed by atoms with Crippen LogP contribution in [0.4, 0.5) is 5.82 Å². The molecule has 2 aliphatic heterocycles. The Labute approximate surface area is 150 Å². The standard InChI is InChI=1S/C19H16ClN3O2/c1-11-2-4-13(20)9-15(11)23-19-14(6-7-21-19)18(22-23)12-3-5-16-17(8-12)25-10-24-16/h2-5,8-9,21H,6-7,10H2,1H3. The predicted octanol–water partition coefficient (Wildman–Crippen LogP) is 4.20. The number of nitrogens with zero attached hydrogens (tertiary/aromatic N) is 2. The minimum atomic E-state index is 0.272. The summed E-state index contributed by atoms with van der Waals surface area (Å²) in [6.07, 6.45) is 0.943. The molecule has 2 aromatic carbocycles. The third-order valence-corrected chi connectivity index (χ3v) is 4.93. The van der Waals surface area contributed by atoms with Gasteiger partial charge in [0.05, 0.1) is 11.4 Å². The molecule has 5 rings (SSSR count). The lowest BCUT2D eigenvalue weighted by atomic mass is 10.1. The molecule has 0 atom stereocenters. The van der Waals surface area contributed by atoms with Crippen LogP contribution >= 0.6 is 11.6 Å². The maximum atomic E-state index is 6.21. The summed E-state index contributed by atoms with van der Waals surface area (Å²) in [6, 6.07) is 11.8. The Hall–Kier alpha value is -2.66. The maximum Gasteiger partial charge on any atom is 0.231 e. The van der Waals surface area contributed by atoms with Crippen molar-refractivity contribution in [3.8, 4) is 28.4 Å². The average molecular weight is 354 g/mol. The molecule has 1 N–H and O–H groups in total.